The fourth-order valence-electron chi connectivity index (χ4n) is 1.58. The van der Waals surface area contributed by atoms with Crippen molar-refractivity contribution in [2.45, 2.75) is 6.92 Å². The van der Waals surface area contributed by atoms with Gasteiger partial charge in [0.05, 0.1) is 16.5 Å². The van der Waals surface area contributed by atoms with Gasteiger partial charge in [-0.15, -0.1) is 11.3 Å². The van der Waals surface area contributed by atoms with Crippen LogP contribution in [-0.4, -0.2) is 18.7 Å². The number of benzene rings is 1. The van der Waals surface area contributed by atoms with E-state index in [0.29, 0.717) is 5.02 Å². The van der Waals surface area contributed by atoms with E-state index in [1.807, 2.05) is 37.3 Å². The molecule has 2 rings (SSSR count). The second kappa shape index (κ2) is 7.59. The number of nitrogens with one attached hydrogen (secondary N) is 2. The number of halogens is 2. The van der Waals surface area contributed by atoms with Gasteiger partial charge in [0.25, 0.3) is 5.91 Å². The molecule has 4 nitrogen and oxygen atoms in total. The Morgan fingerprint density at radius 2 is 2.24 bits per heavy atom. The van der Waals surface area contributed by atoms with Gasteiger partial charge in [-0.3, -0.25) is 4.79 Å². The minimum atomic E-state index is -0.221. The van der Waals surface area contributed by atoms with Gasteiger partial charge in [-0.1, -0.05) is 17.7 Å². The summed E-state index contributed by atoms with van der Waals surface area (Å²) in [7, 11) is 0. The second-order valence-electron chi connectivity index (χ2n) is 4.20. The van der Waals surface area contributed by atoms with Crippen LogP contribution in [0.2, 0.25) is 5.02 Å². The van der Waals surface area contributed by atoms with Crippen molar-refractivity contribution in [1.82, 2.24) is 5.43 Å². The largest absolute Gasteiger partial charge is 0.376 e. The van der Waals surface area contributed by atoms with Crippen molar-refractivity contribution in [2.24, 2.45) is 5.10 Å². The number of amides is 1. The zero-order valence-corrected chi connectivity index (χ0v) is 14.3. The van der Waals surface area contributed by atoms with Crippen molar-refractivity contribution < 1.29 is 4.79 Å². The van der Waals surface area contributed by atoms with Crippen LogP contribution in [0.25, 0.3) is 0 Å². The molecule has 1 aromatic heterocycles. The maximum atomic E-state index is 11.7. The maximum absolute atomic E-state index is 11.7. The Labute approximate surface area is 140 Å². The molecule has 110 valence electrons. The zero-order chi connectivity index (χ0) is 15.2. The fourth-order valence-corrected chi connectivity index (χ4v) is 3.05. The summed E-state index contributed by atoms with van der Waals surface area (Å²) in [5, 5.41) is 7.61. The smallest absolute Gasteiger partial charge is 0.259 e. The number of carbonyl (C=O) groups excluding carboxylic acids is 1. The van der Waals surface area contributed by atoms with Gasteiger partial charge >= 0.3 is 0 Å². The summed E-state index contributed by atoms with van der Waals surface area (Å²) in [5.74, 6) is -0.221. The number of rotatable bonds is 5. The highest BCUT2D eigenvalue weighted by Gasteiger charge is 2.04. The summed E-state index contributed by atoms with van der Waals surface area (Å²) in [5.41, 5.74) is 4.22. The quantitative estimate of drug-likeness (QED) is 0.602. The highest BCUT2D eigenvalue weighted by molar-refractivity contribution is 9.11. The van der Waals surface area contributed by atoms with Crippen LogP contribution in [0.5, 0.6) is 0 Å². The van der Waals surface area contributed by atoms with E-state index in [9.17, 15) is 4.79 Å². The van der Waals surface area contributed by atoms with E-state index in [0.717, 1.165) is 19.9 Å². The van der Waals surface area contributed by atoms with Gasteiger partial charge in [0.15, 0.2) is 0 Å². The predicted octanol–water partition coefficient (Wildman–Crippen LogP) is 4.03. The van der Waals surface area contributed by atoms with E-state index in [1.165, 1.54) is 11.3 Å². The third-order valence-corrected chi connectivity index (χ3v) is 4.65. The number of hydrazone groups is 1. The lowest BCUT2D eigenvalue weighted by Crippen LogP contribution is -2.26. The van der Waals surface area contributed by atoms with Crippen molar-refractivity contribution in [1.29, 1.82) is 0 Å². The minimum Gasteiger partial charge on any atom is -0.376 e. The summed E-state index contributed by atoms with van der Waals surface area (Å²) < 4.78 is 1.02. The Hall–Kier alpha value is -1.37. The van der Waals surface area contributed by atoms with E-state index in [1.54, 1.807) is 6.21 Å². The van der Waals surface area contributed by atoms with Crippen molar-refractivity contribution in [3.05, 3.63) is 49.6 Å². The minimum absolute atomic E-state index is 0.132. The van der Waals surface area contributed by atoms with Crippen molar-refractivity contribution in [3.63, 3.8) is 0 Å². The van der Waals surface area contributed by atoms with Crippen LogP contribution >= 0.6 is 38.9 Å². The highest BCUT2D eigenvalue weighted by atomic mass is 79.9. The van der Waals surface area contributed by atoms with E-state index in [4.69, 9.17) is 11.6 Å². The van der Waals surface area contributed by atoms with Gasteiger partial charge in [0, 0.05) is 15.6 Å². The SMILES string of the molecule is Cc1c(Cl)cccc1NCC(=O)NN=Cc1ccc(Br)s1. The first-order valence-electron chi connectivity index (χ1n) is 6.12. The lowest BCUT2D eigenvalue weighted by molar-refractivity contribution is -0.119. The lowest BCUT2D eigenvalue weighted by atomic mass is 10.2. The molecule has 1 aromatic carbocycles. The molecule has 0 bridgehead atoms. The third kappa shape index (κ3) is 4.84. The van der Waals surface area contributed by atoms with Gasteiger partial charge in [-0.25, -0.2) is 5.43 Å². The Bertz CT molecular complexity index is 672. The number of carbonyl (C=O) groups is 1. The molecule has 2 N–H and O–H groups in total. The van der Waals surface area contributed by atoms with E-state index >= 15 is 0 Å². The molecule has 0 radical (unpaired) electrons. The normalized spacial score (nSPS) is 10.8. The molecule has 0 spiro atoms. The van der Waals surface area contributed by atoms with Crippen LogP contribution in [-0.2, 0) is 4.79 Å². The van der Waals surface area contributed by atoms with Gasteiger partial charge in [-0.2, -0.15) is 5.10 Å². The number of thiophene rings is 1. The monoisotopic (exact) mass is 385 g/mol. The van der Waals surface area contributed by atoms with Crippen molar-refractivity contribution in [2.75, 3.05) is 11.9 Å². The molecule has 0 unspecified atom stereocenters. The first-order chi connectivity index (χ1) is 10.1. The first-order valence-corrected chi connectivity index (χ1v) is 8.11. The molecule has 0 aliphatic rings. The molecule has 0 aliphatic heterocycles. The molecule has 0 saturated carbocycles. The van der Waals surface area contributed by atoms with Crippen LogP contribution in [0.4, 0.5) is 5.69 Å². The predicted molar refractivity (Wildman–Crippen MR) is 92.4 cm³/mol. The first kappa shape index (κ1) is 16.0. The Kier molecular flexibility index (Phi) is 5.78. The zero-order valence-electron chi connectivity index (χ0n) is 11.2. The van der Waals surface area contributed by atoms with Gasteiger partial charge < -0.3 is 5.32 Å². The highest BCUT2D eigenvalue weighted by Crippen LogP contribution is 2.22. The molecular weight excluding hydrogens is 374 g/mol. The molecule has 1 heterocycles. The van der Waals surface area contributed by atoms with Crippen molar-refractivity contribution in [3.8, 4) is 0 Å². The molecule has 7 heteroatoms. The average molecular weight is 387 g/mol. The Balaban J connectivity index is 1.82. The second-order valence-corrected chi connectivity index (χ2v) is 7.10. The van der Waals surface area contributed by atoms with Gasteiger partial charge in [0.1, 0.15) is 0 Å². The third-order valence-electron chi connectivity index (χ3n) is 2.68. The lowest BCUT2D eigenvalue weighted by Gasteiger charge is -2.09. The molecule has 0 saturated heterocycles. The summed E-state index contributed by atoms with van der Waals surface area (Å²) in [4.78, 5) is 12.6. The number of hydrogen-bond acceptors (Lipinski definition) is 4. The molecule has 0 atom stereocenters. The fraction of sp³-hybridized carbons (Fsp3) is 0.143. The molecule has 0 aliphatic carbocycles. The summed E-state index contributed by atoms with van der Waals surface area (Å²) >= 11 is 10.9. The summed E-state index contributed by atoms with van der Waals surface area (Å²) in [6, 6.07) is 9.37. The average Bonchev–Trinajstić information content (AvgIpc) is 2.86. The Morgan fingerprint density at radius 1 is 1.43 bits per heavy atom. The van der Waals surface area contributed by atoms with E-state index < -0.39 is 0 Å². The van der Waals surface area contributed by atoms with Gasteiger partial charge in [-0.05, 0) is 52.7 Å². The Morgan fingerprint density at radius 3 is 2.95 bits per heavy atom. The van der Waals surface area contributed by atoms with E-state index in [-0.39, 0.29) is 12.5 Å². The summed E-state index contributed by atoms with van der Waals surface area (Å²) in [6.45, 7) is 2.03. The van der Waals surface area contributed by atoms with E-state index in [2.05, 4.69) is 31.8 Å². The number of nitrogens with zero attached hydrogens (tertiary/aromatic N) is 1. The van der Waals surface area contributed by atoms with Crippen LogP contribution in [0.3, 0.4) is 0 Å². The molecule has 21 heavy (non-hydrogen) atoms. The van der Waals surface area contributed by atoms with Crippen LogP contribution in [0.1, 0.15) is 10.4 Å². The maximum Gasteiger partial charge on any atom is 0.259 e. The van der Waals surface area contributed by atoms with Crippen molar-refractivity contribution >= 4 is 56.7 Å². The summed E-state index contributed by atoms with van der Waals surface area (Å²) in [6.07, 6.45) is 1.61. The number of hydrogen-bond donors (Lipinski definition) is 2. The van der Waals surface area contributed by atoms with Crippen LogP contribution in [0.15, 0.2) is 39.2 Å². The topological polar surface area (TPSA) is 53.5 Å². The molecule has 1 amide bonds. The number of anilines is 1. The van der Waals surface area contributed by atoms with Crippen LogP contribution in [0, 0.1) is 6.92 Å². The standard InChI is InChI=1S/C14H13BrClN3OS/c1-9-11(16)3-2-4-12(9)17-8-14(20)19-18-7-10-5-6-13(15)21-10/h2-7,17H,8H2,1H3,(H,19,20). The van der Waals surface area contributed by atoms with Crippen LogP contribution < -0.4 is 10.7 Å². The molecule has 0 fully saturated rings. The molecule has 2 aromatic rings. The molecular formula is C14H13BrClN3OS. The van der Waals surface area contributed by atoms with Gasteiger partial charge in [0.2, 0.25) is 0 Å².